The van der Waals surface area contributed by atoms with Gasteiger partial charge in [-0.3, -0.25) is 19.1 Å². The van der Waals surface area contributed by atoms with Crippen molar-refractivity contribution in [3.05, 3.63) is 79.4 Å². The first-order valence-electron chi connectivity index (χ1n) is 12.6. The number of amides is 1. The van der Waals surface area contributed by atoms with Gasteiger partial charge in [-0.1, -0.05) is 32.6 Å². The van der Waals surface area contributed by atoms with Crippen molar-refractivity contribution < 1.29 is 14.3 Å². The Hall–Kier alpha value is -4.81. The van der Waals surface area contributed by atoms with Crippen molar-refractivity contribution in [3.63, 3.8) is 0 Å². The van der Waals surface area contributed by atoms with Gasteiger partial charge in [-0.05, 0) is 55.2 Å². The molecule has 2 atom stereocenters. The van der Waals surface area contributed by atoms with Gasteiger partial charge in [0.05, 0.1) is 23.5 Å². The number of ether oxygens (including phenoxy) is 1. The summed E-state index contributed by atoms with van der Waals surface area (Å²) in [6.45, 7) is 9.24. The van der Waals surface area contributed by atoms with Gasteiger partial charge in [0.2, 0.25) is 5.91 Å². The van der Waals surface area contributed by atoms with Crippen LogP contribution >= 0.6 is 0 Å². The maximum atomic E-state index is 12.7. The molecule has 0 saturated carbocycles. The molecule has 0 aliphatic carbocycles. The quantitative estimate of drug-likeness (QED) is 0.228. The molecule has 4 aromatic rings. The van der Waals surface area contributed by atoms with Crippen molar-refractivity contribution in [3.8, 4) is 28.3 Å². The van der Waals surface area contributed by atoms with Crippen LogP contribution in [0.2, 0.25) is 0 Å². The molecule has 0 fully saturated rings. The second-order valence-electron chi connectivity index (χ2n) is 9.67. The molecule has 4 rings (SSSR count). The van der Waals surface area contributed by atoms with Gasteiger partial charge in [0.25, 0.3) is 0 Å². The molecule has 9 heteroatoms. The normalized spacial score (nSPS) is 12.5. The van der Waals surface area contributed by atoms with Crippen LogP contribution in [0.15, 0.2) is 73.8 Å². The van der Waals surface area contributed by atoms with Gasteiger partial charge < -0.3 is 15.8 Å². The number of nitrogens with two attached hydrogens (primary N) is 1. The first kappa shape index (κ1) is 27.2. The number of carbonyl (C=O) groups is 2. The zero-order valence-corrected chi connectivity index (χ0v) is 22.1. The molecule has 3 aromatic heterocycles. The lowest BCUT2D eigenvalue weighted by molar-refractivity contribution is -0.154. The summed E-state index contributed by atoms with van der Waals surface area (Å²) in [5.41, 5.74) is 10.8. The molecule has 9 nitrogen and oxygen atoms in total. The number of hydrogen-bond donors (Lipinski definition) is 2. The van der Waals surface area contributed by atoms with E-state index < -0.39 is 18.2 Å². The Morgan fingerprint density at radius 1 is 1.15 bits per heavy atom. The number of esters is 1. The standard InChI is InChI=1S/C30H30N6O3/c1-5-28(37)35-24-11-22(14-33-16-24)23-12-25-26(21-8-6-7-20(10-21)13-31)17-36(29(25)34-15-23)19(4)39-30(38)27(32)9-18(2)3/h5-8,10-12,14-19,27H,1,9,32H2,2-4H3,(H,35,37)/t19?,27-/m0/s1. The van der Waals surface area contributed by atoms with Gasteiger partial charge in [-0.15, -0.1) is 0 Å². The van der Waals surface area contributed by atoms with Crippen molar-refractivity contribution >= 4 is 28.6 Å². The average molecular weight is 523 g/mol. The Bertz CT molecular complexity index is 1580. The summed E-state index contributed by atoms with van der Waals surface area (Å²) >= 11 is 0. The molecule has 1 unspecified atom stereocenters. The third-order valence-corrected chi connectivity index (χ3v) is 6.20. The maximum absolute atomic E-state index is 12.7. The van der Waals surface area contributed by atoms with Crippen LogP contribution in [-0.2, 0) is 14.3 Å². The van der Waals surface area contributed by atoms with E-state index in [1.165, 1.54) is 6.08 Å². The third-order valence-electron chi connectivity index (χ3n) is 6.20. The summed E-state index contributed by atoms with van der Waals surface area (Å²) in [4.78, 5) is 33.4. The van der Waals surface area contributed by atoms with E-state index in [4.69, 9.17) is 15.5 Å². The van der Waals surface area contributed by atoms with E-state index in [0.29, 0.717) is 23.3 Å². The average Bonchev–Trinajstić information content (AvgIpc) is 3.32. The molecular formula is C30H30N6O3. The van der Waals surface area contributed by atoms with Crippen LogP contribution in [0.4, 0.5) is 5.69 Å². The van der Waals surface area contributed by atoms with E-state index in [0.717, 1.165) is 27.6 Å². The number of pyridine rings is 2. The highest BCUT2D eigenvalue weighted by molar-refractivity contribution is 5.99. The minimum Gasteiger partial charge on any atom is -0.440 e. The molecule has 0 saturated heterocycles. The van der Waals surface area contributed by atoms with Crippen molar-refractivity contribution in [1.29, 1.82) is 5.26 Å². The molecular weight excluding hydrogens is 492 g/mol. The molecule has 0 radical (unpaired) electrons. The maximum Gasteiger partial charge on any atom is 0.324 e. The number of nitrogens with zero attached hydrogens (tertiary/aromatic N) is 4. The fourth-order valence-electron chi connectivity index (χ4n) is 4.33. The zero-order chi connectivity index (χ0) is 28.1. The minimum absolute atomic E-state index is 0.257. The van der Waals surface area contributed by atoms with E-state index in [2.05, 4.69) is 22.9 Å². The number of carbonyl (C=O) groups excluding carboxylic acids is 2. The molecule has 39 heavy (non-hydrogen) atoms. The van der Waals surface area contributed by atoms with Gasteiger partial charge in [-0.25, -0.2) is 4.98 Å². The number of nitriles is 1. The molecule has 0 spiro atoms. The monoisotopic (exact) mass is 522 g/mol. The highest BCUT2D eigenvalue weighted by Crippen LogP contribution is 2.35. The summed E-state index contributed by atoms with van der Waals surface area (Å²) in [5.74, 6) is -0.560. The molecule has 1 aromatic carbocycles. The predicted molar refractivity (Wildman–Crippen MR) is 150 cm³/mol. The number of nitrogens with one attached hydrogen (secondary N) is 1. The van der Waals surface area contributed by atoms with Crippen molar-refractivity contribution in [1.82, 2.24) is 14.5 Å². The van der Waals surface area contributed by atoms with Crippen molar-refractivity contribution in [2.75, 3.05) is 5.32 Å². The van der Waals surface area contributed by atoms with Crippen LogP contribution in [-0.4, -0.2) is 32.5 Å². The van der Waals surface area contributed by atoms with Crippen molar-refractivity contribution in [2.24, 2.45) is 11.7 Å². The number of aromatic nitrogens is 3. The fraction of sp³-hybridized carbons (Fsp3) is 0.233. The van der Waals surface area contributed by atoms with Crippen molar-refractivity contribution in [2.45, 2.75) is 39.5 Å². The summed E-state index contributed by atoms with van der Waals surface area (Å²) in [6.07, 6.45) is 7.82. The van der Waals surface area contributed by atoms with E-state index in [1.54, 1.807) is 48.3 Å². The van der Waals surface area contributed by atoms with Crippen LogP contribution in [0.1, 0.15) is 39.0 Å². The number of fused-ring (bicyclic) bond motifs is 1. The lowest BCUT2D eigenvalue weighted by Crippen LogP contribution is -2.34. The Morgan fingerprint density at radius 3 is 2.64 bits per heavy atom. The smallest absolute Gasteiger partial charge is 0.324 e. The predicted octanol–water partition coefficient (Wildman–Crippen LogP) is 5.20. The number of hydrogen-bond acceptors (Lipinski definition) is 7. The summed E-state index contributed by atoms with van der Waals surface area (Å²) in [7, 11) is 0. The molecule has 3 N–H and O–H groups in total. The number of rotatable bonds is 9. The first-order chi connectivity index (χ1) is 18.7. The first-order valence-corrected chi connectivity index (χ1v) is 12.6. The molecule has 0 aliphatic rings. The fourth-order valence-corrected chi connectivity index (χ4v) is 4.33. The van der Waals surface area contributed by atoms with Crippen LogP contribution in [0.5, 0.6) is 0 Å². The van der Waals surface area contributed by atoms with E-state index in [-0.39, 0.29) is 11.8 Å². The summed E-state index contributed by atoms with van der Waals surface area (Å²) < 4.78 is 7.51. The second-order valence-corrected chi connectivity index (χ2v) is 9.67. The summed E-state index contributed by atoms with van der Waals surface area (Å²) in [5, 5.41) is 13.0. The Balaban J connectivity index is 1.79. The number of benzene rings is 1. The van der Waals surface area contributed by atoms with Gasteiger partial charge in [-0.2, -0.15) is 5.26 Å². The molecule has 3 heterocycles. The highest BCUT2D eigenvalue weighted by Gasteiger charge is 2.23. The van der Waals surface area contributed by atoms with Gasteiger partial charge in [0, 0.05) is 40.7 Å². The lowest BCUT2D eigenvalue weighted by Gasteiger charge is -2.19. The Morgan fingerprint density at radius 2 is 1.92 bits per heavy atom. The highest BCUT2D eigenvalue weighted by atomic mass is 16.6. The summed E-state index contributed by atoms with van der Waals surface area (Å²) in [6, 6.07) is 12.5. The SMILES string of the molecule is C=CC(=O)Nc1cncc(-c2cnc3c(c2)c(-c2cccc(C#N)c2)cn3C(C)OC(=O)[C@@H](N)CC(C)C)c1. The Labute approximate surface area is 226 Å². The third kappa shape index (κ3) is 6.20. The lowest BCUT2D eigenvalue weighted by atomic mass is 10.0. The van der Waals surface area contributed by atoms with Gasteiger partial charge in [0.15, 0.2) is 6.23 Å². The topological polar surface area (TPSA) is 136 Å². The molecule has 198 valence electrons. The Kier molecular flexibility index (Phi) is 8.18. The van der Waals surface area contributed by atoms with Crippen LogP contribution in [0.3, 0.4) is 0 Å². The van der Waals surface area contributed by atoms with Crippen LogP contribution < -0.4 is 11.1 Å². The number of anilines is 1. The van der Waals surface area contributed by atoms with E-state index in [9.17, 15) is 14.9 Å². The molecule has 0 bridgehead atoms. The van der Waals surface area contributed by atoms with Gasteiger partial charge in [0.1, 0.15) is 11.7 Å². The largest absolute Gasteiger partial charge is 0.440 e. The molecule has 0 aliphatic heterocycles. The van der Waals surface area contributed by atoms with E-state index >= 15 is 0 Å². The van der Waals surface area contributed by atoms with Crippen LogP contribution in [0.25, 0.3) is 33.3 Å². The van der Waals surface area contributed by atoms with Gasteiger partial charge >= 0.3 is 5.97 Å². The zero-order valence-electron chi connectivity index (χ0n) is 22.1. The molecule has 1 amide bonds. The minimum atomic E-state index is -0.720. The second kappa shape index (κ2) is 11.7. The van der Waals surface area contributed by atoms with Crippen LogP contribution in [0, 0.1) is 17.2 Å². The van der Waals surface area contributed by atoms with E-state index in [1.807, 2.05) is 38.2 Å².